The van der Waals surface area contributed by atoms with Gasteiger partial charge in [-0.3, -0.25) is 14.3 Å². The molecule has 4 N–H and O–H groups in total. The molecule has 0 saturated carbocycles. The number of ether oxygens (including phenoxy) is 1. The number of halogens is 1. The summed E-state index contributed by atoms with van der Waals surface area (Å²) in [7, 11) is 0. The zero-order chi connectivity index (χ0) is 25.2. The van der Waals surface area contributed by atoms with E-state index in [9.17, 15) is 15.0 Å². The normalized spacial score (nSPS) is 21.6. The van der Waals surface area contributed by atoms with E-state index in [4.69, 9.17) is 16.3 Å². The lowest BCUT2D eigenvalue weighted by Crippen LogP contribution is -2.42. The van der Waals surface area contributed by atoms with E-state index in [1.54, 1.807) is 19.2 Å². The second-order valence-corrected chi connectivity index (χ2v) is 8.71. The third-order valence-corrected chi connectivity index (χ3v) is 6.02. The molecule has 0 spiro atoms. The molecule has 3 aromatic heterocycles. The molecule has 11 nitrogen and oxygen atoms in total. The number of benzene rings is 1. The number of fused-ring (bicyclic) bond motifs is 1. The number of rotatable bonds is 7. The fourth-order valence-corrected chi connectivity index (χ4v) is 4.23. The number of carbonyl (C=O) groups is 1. The lowest BCUT2D eigenvalue weighted by atomic mass is 10.1. The number of likely N-dealkylation sites (N-methyl/N-ethyl adjacent to an activating group) is 1. The third-order valence-electron chi connectivity index (χ3n) is 5.81. The van der Waals surface area contributed by atoms with Gasteiger partial charge in [0.2, 0.25) is 0 Å². The van der Waals surface area contributed by atoms with Gasteiger partial charge < -0.3 is 25.6 Å². The summed E-state index contributed by atoms with van der Waals surface area (Å²) in [5.41, 5.74) is 2.38. The standard InChI is InChI=1S/C24H24ClN7O4/c1-2-27-23(35)19-17(33)18(34)24(36-19)32-12-29-16-21(28-9-13-6-4-3-5-7-13)30-20(31-22(16)32)14-8-15(25)11-26-10-14/h3-8,10-12,17-19,24,33-34H,2,9H2,1H3,(H,27,35)(H,28,30,31)/t17-,18+,19-,24+/m0/s1. The Hall–Kier alpha value is -3.64. The van der Waals surface area contributed by atoms with Gasteiger partial charge in [0.25, 0.3) is 5.91 Å². The smallest absolute Gasteiger partial charge is 0.252 e. The number of aromatic nitrogens is 5. The van der Waals surface area contributed by atoms with Gasteiger partial charge in [0.15, 0.2) is 35.1 Å². The van der Waals surface area contributed by atoms with Crippen molar-refractivity contribution < 1.29 is 19.7 Å². The van der Waals surface area contributed by atoms with E-state index in [1.165, 1.54) is 17.1 Å². The molecule has 1 saturated heterocycles. The Morgan fingerprint density at radius 1 is 1.17 bits per heavy atom. The summed E-state index contributed by atoms with van der Waals surface area (Å²) in [4.78, 5) is 30.2. The Morgan fingerprint density at radius 2 is 1.97 bits per heavy atom. The van der Waals surface area contributed by atoms with E-state index < -0.39 is 30.4 Å². The summed E-state index contributed by atoms with van der Waals surface area (Å²) >= 11 is 6.14. The molecule has 12 heteroatoms. The fourth-order valence-electron chi connectivity index (χ4n) is 4.05. The summed E-state index contributed by atoms with van der Waals surface area (Å²) in [6, 6.07) is 11.5. The third kappa shape index (κ3) is 4.61. The first kappa shape index (κ1) is 24.1. The van der Waals surface area contributed by atoms with Crippen LogP contribution in [0, 0.1) is 0 Å². The van der Waals surface area contributed by atoms with Gasteiger partial charge in [0.05, 0.1) is 11.3 Å². The first-order chi connectivity index (χ1) is 17.5. The van der Waals surface area contributed by atoms with Crippen molar-refractivity contribution in [2.24, 2.45) is 0 Å². The molecule has 186 valence electrons. The zero-order valence-corrected chi connectivity index (χ0v) is 20.0. The van der Waals surface area contributed by atoms with Gasteiger partial charge in [-0.2, -0.15) is 0 Å². The molecule has 1 aliphatic rings. The highest BCUT2D eigenvalue weighted by molar-refractivity contribution is 6.30. The van der Waals surface area contributed by atoms with E-state index in [0.717, 1.165) is 5.56 Å². The van der Waals surface area contributed by atoms with E-state index in [1.807, 2.05) is 30.3 Å². The predicted molar refractivity (Wildman–Crippen MR) is 132 cm³/mol. The van der Waals surface area contributed by atoms with Gasteiger partial charge >= 0.3 is 0 Å². The number of nitrogens with one attached hydrogen (secondary N) is 2. The molecule has 1 fully saturated rings. The number of aliphatic hydroxyl groups is 2. The predicted octanol–water partition coefficient (Wildman–Crippen LogP) is 1.91. The van der Waals surface area contributed by atoms with Crippen LogP contribution >= 0.6 is 11.6 Å². The molecule has 4 aromatic rings. The number of hydrogen-bond donors (Lipinski definition) is 4. The minimum absolute atomic E-state index is 0.322. The SMILES string of the molecule is CCNC(=O)[C@H]1O[C@@H](n2cnc3c(NCc4ccccc4)nc(-c4cncc(Cl)c4)nc32)[C@H](O)[C@@H]1O. The van der Waals surface area contributed by atoms with E-state index in [0.29, 0.717) is 46.5 Å². The van der Waals surface area contributed by atoms with Gasteiger partial charge in [-0.25, -0.2) is 15.0 Å². The van der Waals surface area contributed by atoms with Crippen molar-refractivity contribution in [3.8, 4) is 11.4 Å². The summed E-state index contributed by atoms with van der Waals surface area (Å²) in [5.74, 6) is 0.260. The lowest BCUT2D eigenvalue weighted by Gasteiger charge is -2.17. The van der Waals surface area contributed by atoms with Crippen molar-refractivity contribution in [3.05, 3.63) is 65.7 Å². The van der Waals surface area contributed by atoms with Crippen molar-refractivity contribution in [2.75, 3.05) is 11.9 Å². The first-order valence-corrected chi connectivity index (χ1v) is 11.8. The molecule has 5 rings (SSSR count). The van der Waals surface area contributed by atoms with Crippen LogP contribution in [0.1, 0.15) is 18.7 Å². The number of imidazole rings is 1. The van der Waals surface area contributed by atoms with Gasteiger partial charge in [0, 0.05) is 31.0 Å². The summed E-state index contributed by atoms with van der Waals surface area (Å²) in [6.07, 6.45) is -0.613. The summed E-state index contributed by atoms with van der Waals surface area (Å²) in [6.45, 7) is 2.60. The van der Waals surface area contributed by atoms with Crippen LogP contribution in [0.4, 0.5) is 5.82 Å². The van der Waals surface area contributed by atoms with E-state index in [-0.39, 0.29) is 0 Å². The minimum atomic E-state index is -1.42. The maximum Gasteiger partial charge on any atom is 0.252 e. The Bertz CT molecular complexity index is 1380. The molecule has 0 unspecified atom stereocenters. The van der Waals surface area contributed by atoms with Crippen molar-refractivity contribution in [1.29, 1.82) is 0 Å². The van der Waals surface area contributed by atoms with Crippen LogP contribution in [0.25, 0.3) is 22.6 Å². The summed E-state index contributed by atoms with van der Waals surface area (Å²) < 4.78 is 7.27. The lowest BCUT2D eigenvalue weighted by molar-refractivity contribution is -0.137. The number of nitrogens with zero attached hydrogens (tertiary/aromatic N) is 5. The minimum Gasteiger partial charge on any atom is -0.387 e. The van der Waals surface area contributed by atoms with Crippen LogP contribution in [-0.4, -0.2) is 65.5 Å². The van der Waals surface area contributed by atoms with E-state index >= 15 is 0 Å². The summed E-state index contributed by atoms with van der Waals surface area (Å²) in [5, 5.41) is 27.5. The van der Waals surface area contributed by atoms with Crippen LogP contribution in [0.3, 0.4) is 0 Å². The van der Waals surface area contributed by atoms with Crippen LogP contribution in [0.15, 0.2) is 55.1 Å². The number of carbonyl (C=O) groups excluding carboxylic acids is 1. The molecule has 0 bridgehead atoms. The van der Waals surface area contributed by atoms with Crippen LogP contribution in [-0.2, 0) is 16.1 Å². The quantitative estimate of drug-likeness (QED) is 0.293. The number of amides is 1. The van der Waals surface area contributed by atoms with Crippen LogP contribution in [0.2, 0.25) is 5.02 Å². The van der Waals surface area contributed by atoms with Crippen LogP contribution < -0.4 is 10.6 Å². The van der Waals surface area contributed by atoms with Crippen molar-refractivity contribution >= 4 is 34.5 Å². The molecule has 4 heterocycles. The highest BCUT2D eigenvalue weighted by atomic mass is 35.5. The van der Waals surface area contributed by atoms with Gasteiger partial charge in [-0.05, 0) is 18.6 Å². The second kappa shape index (κ2) is 10.2. The van der Waals surface area contributed by atoms with Crippen LogP contribution in [0.5, 0.6) is 0 Å². The highest BCUT2D eigenvalue weighted by Gasteiger charge is 2.47. The molecule has 0 aliphatic carbocycles. The van der Waals surface area contributed by atoms with Crippen molar-refractivity contribution in [3.63, 3.8) is 0 Å². The Kier molecular flexibility index (Phi) is 6.79. The molecular weight excluding hydrogens is 486 g/mol. The molecule has 1 aromatic carbocycles. The molecule has 0 radical (unpaired) electrons. The molecule has 1 amide bonds. The Balaban J connectivity index is 1.56. The number of anilines is 1. The van der Waals surface area contributed by atoms with Crippen molar-refractivity contribution in [2.45, 2.75) is 38.0 Å². The molecule has 36 heavy (non-hydrogen) atoms. The maximum atomic E-state index is 12.3. The Labute approximate surface area is 211 Å². The molecule has 1 aliphatic heterocycles. The Morgan fingerprint density at radius 3 is 2.72 bits per heavy atom. The van der Waals surface area contributed by atoms with Gasteiger partial charge in [-0.15, -0.1) is 0 Å². The average Bonchev–Trinajstić information content (AvgIpc) is 3.44. The monoisotopic (exact) mass is 509 g/mol. The molecular formula is C24H24ClN7O4. The maximum absolute atomic E-state index is 12.3. The number of pyridine rings is 1. The fraction of sp³-hybridized carbons (Fsp3) is 0.292. The zero-order valence-electron chi connectivity index (χ0n) is 19.2. The van der Waals surface area contributed by atoms with Gasteiger partial charge in [-0.1, -0.05) is 41.9 Å². The topological polar surface area (TPSA) is 147 Å². The molecule has 4 atom stereocenters. The van der Waals surface area contributed by atoms with E-state index in [2.05, 4.69) is 30.6 Å². The highest BCUT2D eigenvalue weighted by Crippen LogP contribution is 2.34. The number of aliphatic hydroxyl groups excluding tert-OH is 2. The number of hydrogen-bond acceptors (Lipinski definition) is 9. The van der Waals surface area contributed by atoms with Crippen molar-refractivity contribution in [1.82, 2.24) is 29.8 Å². The average molecular weight is 510 g/mol. The van der Waals surface area contributed by atoms with Gasteiger partial charge in [0.1, 0.15) is 12.2 Å². The first-order valence-electron chi connectivity index (χ1n) is 11.4. The largest absolute Gasteiger partial charge is 0.387 e. The second-order valence-electron chi connectivity index (χ2n) is 8.27.